The maximum absolute atomic E-state index is 13.5. The summed E-state index contributed by atoms with van der Waals surface area (Å²) in [6.07, 6.45) is 0.860. The molecule has 1 aromatic carbocycles. The molecule has 0 aliphatic carbocycles. The molecule has 7 heteroatoms. The third kappa shape index (κ3) is 2.14. The maximum atomic E-state index is 13.5. The van der Waals surface area contributed by atoms with Gasteiger partial charge in [0.2, 0.25) is 5.82 Å². The van der Waals surface area contributed by atoms with Crippen LogP contribution in [0, 0.1) is 5.82 Å². The Balaban J connectivity index is 2.31. The Morgan fingerprint density at radius 3 is 2.68 bits per heavy atom. The Bertz CT molecular complexity index is 981. The lowest BCUT2D eigenvalue weighted by molar-refractivity contribution is 0.584. The first-order valence-electron chi connectivity index (χ1n) is 6.87. The highest BCUT2D eigenvalue weighted by Gasteiger charge is 2.14. The summed E-state index contributed by atoms with van der Waals surface area (Å²) < 4.78 is 16.1. The summed E-state index contributed by atoms with van der Waals surface area (Å²) in [7, 11) is 1.75. The van der Waals surface area contributed by atoms with Crippen molar-refractivity contribution in [3.05, 3.63) is 56.6 Å². The molecule has 6 nitrogen and oxygen atoms in total. The van der Waals surface area contributed by atoms with E-state index in [-0.39, 0.29) is 5.82 Å². The molecule has 0 radical (unpaired) electrons. The molecular weight excluding hydrogens is 287 g/mol. The van der Waals surface area contributed by atoms with Crippen molar-refractivity contribution in [3.8, 4) is 5.82 Å². The standard InChI is InChI=1S/C15H15FN4O2/c1-8(2)9-4-5-10-12(6-9)19(3)18-13(10)20-7-11(16)14(21)17-15(20)22/h4-8H,1-3H3,(H,17,21,22). The molecule has 0 saturated heterocycles. The van der Waals surface area contributed by atoms with E-state index in [1.54, 1.807) is 11.7 Å². The summed E-state index contributed by atoms with van der Waals surface area (Å²) in [5.74, 6) is -0.388. The average molecular weight is 302 g/mol. The van der Waals surface area contributed by atoms with Gasteiger partial charge in [-0.3, -0.25) is 14.5 Å². The second kappa shape index (κ2) is 4.94. The van der Waals surface area contributed by atoms with Crippen LogP contribution in [0.25, 0.3) is 16.7 Å². The number of halogens is 1. The minimum absolute atomic E-state index is 0.285. The van der Waals surface area contributed by atoms with Crippen LogP contribution >= 0.6 is 0 Å². The summed E-state index contributed by atoms with van der Waals surface area (Å²) in [6, 6.07) is 5.79. The molecular formula is C15H15FN4O2. The minimum atomic E-state index is -1.04. The van der Waals surface area contributed by atoms with Crippen LogP contribution < -0.4 is 11.2 Å². The lowest BCUT2D eigenvalue weighted by atomic mass is 10.0. The van der Waals surface area contributed by atoms with Gasteiger partial charge in [0.05, 0.1) is 11.7 Å². The lowest BCUT2D eigenvalue weighted by Crippen LogP contribution is -2.30. The summed E-state index contributed by atoms with van der Waals surface area (Å²) in [5.41, 5.74) is 0.213. The zero-order chi connectivity index (χ0) is 16.0. The second-order valence-corrected chi connectivity index (χ2v) is 5.48. The van der Waals surface area contributed by atoms with Crippen LogP contribution in [-0.2, 0) is 7.05 Å². The fourth-order valence-electron chi connectivity index (χ4n) is 2.40. The largest absolute Gasteiger partial charge is 0.334 e. The van der Waals surface area contributed by atoms with Crippen molar-refractivity contribution in [2.45, 2.75) is 19.8 Å². The Hall–Kier alpha value is -2.70. The fourth-order valence-corrected chi connectivity index (χ4v) is 2.40. The van der Waals surface area contributed by atoms with Gasteiger partial charge in [0.25, 0.3) is 5.56 Å². The number of fused-ring (bicyclic) bond motifs is 1. The fraction of sp³-hybridized carbons (Fsp3) is 0.267. The van der Waals surface area contributed by atoms with Gasteiger partial charge >= 0.3 is 5.69 Å². The van der Waals surface area contributed by atoms with Gasteiger partial charge < -0.3 is 0 Å². The van der Waals surface area contributed by atoms with Gasteiger partial charge in [0, 0.05) is 12.4 Å². The van der Waals surface area contributed by atoms with Gasteiger partial charge in [0.1, 0.15) is 0 Å². The van der Waals surface area contributed by atoms with Gasteiger partial charge in [-0.2, -0.15) is 9.49 Å². The van der Waals surface area contributed by atoms with Crippen LogP contribution in [0.4, 0.5) is 4.39 Å². The maximum Gasteiger partial charge on any atom is 0.334 e. The quantitative estimate of drug-likeness (QED) is 0.782. The summed E-state index contributed by atoms with van der Waals surface area (Å²) >= 11 is 0. The predicted molar refractivity (Wildman–Crippen MR) is 81.0 cm³/mol. The van der Waals surface area contributed by atoms with Crippen molar-refractivity contribution in [1.29, 1.82) is 0 Å². The normalized spacial score (nSPS) is 11.5. The van der Waals surface area contributed by atoms with Crippen molar-refractivity contribution in [2.24, 2.45) is 7.05 Å². The predicted octanol–water partition coefficient (Wildman–Crippen LogP) is 1.68. The molecule has 0 amide bonds. The molecule has 3 aromatic rings. The molecule has 0 atom stereocenters. The zero-order valence-corrected chi connectivity index (χ0v) is 12.4. The lowest BCUT2D eigenvalue weighted by Gasteiger charge is -2.05. The van der Waals surface area contributed by atoms with E-state index in [0.29, 0.717) is 11.3 Å². The number of aryl methyl sites for hydroxylation is 1. The molecule has 1 N–H and O–H groups in total. The molecule has 22 heavy (non-hydrogen) atoms. The third-order valence-electron chi connectivity index (χ3n) is 3.65. The molecule has 0 unspecified atom stereocenters. The third-order valence-corrected chi connectivity index (χ3v) is 3.65. The number of H-pyrrole nitrogens is 1. The van der Waals surface area contributed by atoms with Gasteiger partial charge in [-0.15, -0.1) is 0 Å². The van der Waals surface area contributed by atoms with Crippen molar-refractivity contribution in [1.82, 2.24) is 19.3 Å². The Morgan fingerprint density at radius 2 is 2.00 bits per heavy atom. The topological polar surface area (TPSA) is 72.7 Å². The number of benzene rings is 1. The number of aromatic amines is 1. The minimum Gasteiger partial charge on any atom is -0.271 e. The first kappa shape index (κ1) is 14.2. The number of hydrogen-bond donors (Lipinski definition) is 1. The summed E-state index contributed by atoms with van der Waals surface area (Å²) in [6.45, 7) is 4.17. The van der Waals surface area contributed by atoms with E-state index < -0.39 is 17.1 Å². The number of nitrogens with zero attached hydrogens (tertiary/aromatic N) is 3. The molecule has 3 rings (SSSR count). The molecule has 0 saturated carbocycles. The zero-order valence-electron chi connectivity index (χ0n) is 12.4. The number of aromatic nitrogens is 4. The van der Waals surface area contributed by atoms with E-state index in [0.717, 1.165) is 21.8 Å². The highest BCUT2D eigenvalue weighted by atomic mass is 19.1. The van der Waals surface area contributed by atoms with Gasteiger partial charge in [0.15, 0.2) is 5.82 Å². The van der Waals surface area contributed by atoms with E-state index in [1.165, 1.54) is 0 Å². The van der Waals surface area contributed by atoms with Crippen LogP contribution in [0.5, 0.6) is 0 Å². The van der Waals surface area contributed by atoms with Gasteiger partial charge in [-0.1, -0.05) is 19.9 Å². The van der Waals surface area contributed by atoms with Crippen LogP contribution in [0.3, 0.4) is 0 Å². The second-order valence-electron chi connectivity index (χ2n) is 5.48. The van der Waals surface area contributed by atoms with Crippen LogP contribution in [-0.4, -0.2) is 19.3 Å². The SMILES string of the molecule is CC(C)c1ccc2c(-n3cc(F)c(=O)[nH]c3=O)nn(C)c2c1. The van der Waals surface area contributed by atoms with E-state index in [4.69, 9.17) is 0 Å². The number of hydrogen-bond acceptors (Lipinski definition) is 3. The van der Waals surface area contributed by atoms with Gasteiger partial charge in [-0.05, 0) is 23.6 Å². The molecule has 0 aliphatic rings. The molecule has 0 bridgehead atoms. The van der Waals surface area contributed by atoms with Crippen molar-refractivity contribution in [3.63, 3.8) is 0 Å². The highest BCUT2D eigenvalue weighted by Crippen LogP contribution is 2.24. The van der Waals surface area contributed by atoms with Crippen molar-refractivity contribution >= 4 is 10.9 Å². The number of nitrogens with one attached hydrogen (secondary N) is 1. The Morgan fingerprint density at radius 1 is 1.27 bits per heavy atom. The van der Waals surface area contributed by atoms with Crippen LogP contribution in [0.15, 0.2) is 34.0 Å². The molecule has 0 spiro atoms. The van der Waals surface area contributed by atoms with Crippen LogP contribution in [0.2, 0.25) is 0 Å². The molecule has 0 fully saturated rings. The Kier molecular flexibility index (Phi) is 3.20. The van der Waals surface area contributed by atoms with Crippen LogP contribution in [0.1, 0.15) is 25.3 Å². The number of rotatable bonds is 2. The van der Waals surface area contributed by atoms with E-state index in [1.807, 2.05) is 23.2 Å². The summed E-state index contributed by atoms with van der Waals surface area (Å²) in [4.78, 5) is 25.0. The molecule has 0 aliphatic heterocycles. The molecule has 2 heterocycles. The summed E-state index contributed by atoms with van der Waals surface area (Å²) in [5, 5.41) is 4.99. The van der Waals surface area contributed by atoms with E-state index in [9.17, 15) is 14.0 Å². The smallest absolute Gasteiger partial charge is 0.271 e. The first-order chi connectivity index (χ1) is 10.4. The Labute approximate surface area is 124 Å². The highest BCUT2D eigenvalue weighted by molar-refractivity contribution is 5.87. The molecule has 2 aromatic heterocycles. The average Bonchev–Trinajstić information content (AvgIpc) is 2.79. The molecule has 114 valence electrons. The van der Waals surface area contributed by atoms with Crippen molar-refractivity contribution < 1.29 is 4.39 Å². The first-order valence-corrected chi connectivity index (χ1v) is 6.87. The van der Waals surface area contributed by atoms with Gasteiger partial charge in [-0.25, -0.2) is 9.36 Å². The van der Waals surface area contributed by atoms with Crippen molar-refractivity contribution in [2.75, 3.05) is 0 Å². The monoisotopic (exact) mass is 302 g/mol. The van der Waals surface area contributed by atoms with E-state index in [2.05, 4.69) is 18.9 Å². The van der Waals surface area contributed by atoms with E-state index >= 15 is 0 Å².